The van der Waals surface area contributed by atoms with E-state index in [0.29, 0.717) is 0 Å². The maximum absolute atomic E-state index is 3.72. The molecule has 0 aliphatic heterocycles. The molecule has 0 bridgehead atoms. The van der Waals surface area contributed by atoms with Gasteiger partial charge in [0.05, 0.1) is 27.4 Å². The van der Waals surface area contributed by atoms with E-state index in [1.807, 2.05) is 0 Å². The second-order valence-corrected chi connectivity index (χ2v) is 5.48. The third kappa shape index (κ3) is 1.27. The first kappa shape index (κ1) is 10.4. The Morgan fingerprint density at radius 1 is 1.00 bits per heavy atom. The van der Waals surface area contributed by atoms with Crippen LogP contribution in [0.3, 0.4) is 0 Å². The minimum absolute atomic E-state index is 1.14. The summed E-state index contributed by atoms with van der Waals surface area (Å²) < 4.78 is 2.16. The van der Waals surface area contributed by atoms with E-state index < -0.39 is 0 Å². The fourth-order valence-electron chi connectivity index (χ4n) is 2.94. The maximum Gasteiger partial charge on any atom is 0.0679 e. The summed E-state index contributed by atoms with van der Waals surface area (Å²) in [5.74, 6) is 0. The molecule has 1 nitrogen and oxygen atoms in total. The van der Waals surface area contributed by atoms with Crippen LogP contribution in [0.5, 0.6) is 0 Å². The Hall–Kier alpha value is -1.54. The Bertz CT molecular complexity index is 796. The van der Waals surface area contributed by atoms with Crippen LogP contribution in [0.1, 0.15) is 17.7 Å². The van der Waals surface area contributed by atoms with Gasteiger partial charge in [-0.25, -0.2) is 0 Å². The van der Waals surface area contributed by atoms with Crippen molar-refractivity contribution in [1.82, 2.24) is 3.59 Å². The van der Waals surface area contributed by atoms with Crippen molar-refractivity contribution in [3.8, 4) is 0 Å². The predicted octanol–water partition coefficient (Wildman–Crippen LogP) is 4.91. The highest BCUT2D eigenvalue weighted by Crippen LogP contribution is 2.36. The van der Waals surface area contributed by atoms with E-state index in [0.717, 1.165) is 12.8 Å². The Kier molecular flexibility index (Phi) is 2.15. The topological polar surface area (TPSA) is 4.93 Å². The van der Waals surface area contributed by atoms with Crippen LogP contribution in [0.15, 0.2) is 42.5 Å². The van der Waals surface area contributed by atoms with E-state index >= 15 is 0 Å². The zero-order chi connectivity index (χ0) is 12.1. The summed E-state index contributed by atoms with van der Waals surface area (Å²) in [5.41, 5.74) is 4.06. The van der Waals surface area contributed by atoms with Crippen LogP contribution in [0.4, 0.5) is 0 Å². The number of fused-ring (bicyclic) bond motifs is 5. The van der Waals surface area contributed by atoms with Gasteiger partial charge in [0.2, 0.25) is 0 Å². The van der Waals surface area contributed by atoms with Crippen molar-refractivity contribution in [2.24, 2.45) is 0 Å². The lowest BCUT2D eigenvalue weighted by Crippen LogP contribution is -1.92. The van der Waals surface area contributed by atoms with Crippen LogP contribution in [0.2, 0.25) is 0 Å². The summed E-state index contributed by atoms with van der Waals surface area (Å²) >= 11 is 3.72. The summed E-state index contributed by atoms with van der Waals surface area (Å²) in [6.45, 7) is 0. The number of hydrogen-bond acceptors (Lipinski definition) is 0. The molecule has 0 saturated carbocycles. The third-order valence-corrected chi connectivity index (χ3v) is 4.52. The lowest BCUT2D eigenvalue weighted by molar-refractivity contribution is 0.989. The summed E-state index contributed by atoms with van der Waals surface area (Å²) in [7, 11) is 0. The molecule has 0 unspecified atom stereocenters. The van der Waals surface area contributed by atoms with Crippen molar-refractivity contribution in [2.45, 2.75) is 12.8 Å². The Morgan fingerprint density at radius 2 is 1.89 bits per heavy atom. The highest BCUT2D eigenvalue weighted by atomic mass is 79.9. The van der Waals surface area contributed by atoms with E-state index in [1.54, 1.807) is 0 Å². The second-order valence-electron chi connectivity index (χ2n) is 4.77. The standard InChI is InChI=1S/C16H12BrN/c17-18-15-8-4-3-7-13(15)14-10-9-11-5-1-2-6-12(11)16(14)18/h1-2,4-6,8-10H,3,7H2. The SMILES string of the molecule is Brn1c2c(c3ccc4ccccc4c31)CCC=C2. The fraction of sp³-hybridized carbons (Fsp3) is 0.125. The molecule has 0 spiro atoms. The predicted molar refractivity (Wildman–Crippen MR) is 81.1 cm³/mol. The zero-order valence-corrected chi connectivity index (χ0v) is 11.4. The molecule has 0 atom stereocenters. The van der Waals surface area contributed by atoms with Crippen molar-refractivity contribution < 1.29 is 0 Å². The monoisotopic (exact) mass is 297 g/mol. The van der Waals surface area contributed by atoms with Crippen LogP contribution in [-0.4, -0.2) is 3.59 Å². The van der Waals surface area contributed by atoms with E-state index in [-0.39, 0.29) is 0 Å². The first-order valence-electron chi connectivity index (χ1n) is 6.24. The van der Waals surface area contributed by atoms with Crippen molar-refractivity contribution >= 4 is 43.9 Å². The van der Waals surface area contributed by atoms with Crippen LogP contribution < -0.4 is 0 Å². The number of aromatic nitrogens is 1. The Labute approximate surface area is 114 Å². The number of aryl methyl sites for hydroxylation is 1. The normalized spacial score (nSPS) is 14.3. The van der Waals surface area contributed by atoms with Gasteiger partial charge >= 0.3 is 0 Å². The summed E-state index contributed by atoms with van der Waals surface area (Å²) in [6, 6.07) is 13.1. The molecule has 3 aromatic rings. The van der Waals surface area contributed by atoms with E-state index in [2.05, 4.69) is 68.3 Å². The molecule has 4 rings (SSSR count). The molecule has 2 aromatic carbocycles. The second kappa shape index (κ2) is 3.72. The Morgan fingerprint density at radius 3 is 2.83 bits per heavy atom. The van der Waals surface area contributed by atoms with Gasteiger partial charge in [-0.3, -0.25) is 3.59 Å². The van der Waals surface area contributed by atoms with Gasteiger partial charge in [-0.2, -0.15) is 0 Å². The first-order chi connectivity index (χ1) is 8.86. The fourth-order valence-corrected chi connectivity index (χ4v) is 3.65. The quantitative estimate of drug-likeness (QED) is 0.555. The lowest BCUT2D eigenvalue weighted by Gasteiger charge is -2.05. The number of nitrogens with zero attached hydrogens (tertiary/aromatic N) is 1. The largest absolute Gasteiger partial charge is 0.276 e. The van der Waals surface area contributed by atoms with E-state index in [4.69, 9.17) is 0 Å². The average Bonchev–Trinajstić information content (AvgIpc) is 2.73. The molecule has 18 heavy (non-hydrogen) atoms. The van der Waals surface area contributed by atoms with E-state index in [1.165, 1.54) is 32.9 Å². The average molecular weight is 298 g/mol. The number of halogens is 1. The lowest BCUT2D eigenvalue weighted by atomic mass is 9.99. The summed E-state index contributed by atoms with van der Waals surface area (Å²) in [4.78, 5) is 0. The minimum atomic E-state index is 1.14. The van der Waals surface area contributed by atoms with Gasteiger partial charge in [0.15, 0.2) is 0 Å². The summed E-state index contributed by atoms with van der Waals surface area (Å²) in [5, 5.41) is 3.99. The van der Waals surface area contributed by atoms with Gasteiger partial charge in [0.1, 0.15) is 0 Å². The highest BCUT2D eigenvalue weighted by molar-refractivity contribution is 9.08. The van der Waals surface area contributed by atoms with Gasteiger partial charge < -0.3 is 0 Å². The molecular weight excluding hydrogens is 286 g/mol. The molecule has 0 radical (unpaired) electrons. The van der Waals surface area contributed by atoms with E-state index in [9.17, 15) is 0 Å². The number of allylic oxidation sites excluding steroid dienone is 1. The number of hydrogen-bond donors (Lipinski definition) is 0. The van der Waals surface area contributed by atoms with Crippen molar-refractivity contribution in [3.05, 3.63) is 53.7 Å². The van der Waals surface area contributed by atoms with Crippen LogP contribution >= 0.6 is 16.1 Å². The first-order valence-corrected chi connectivity index (χ1v) is 6.95. The molecule has 1 aliphatic carbocycles. The number of benzene rings is 2. The van der Waals surface area contributed by atoms with Gasteiger partial charge in [-0.15, -0.1) is 0 Å². The van der Waals surface area contributed by atoms with Gasteiger partial charge in [-0.05, 0) is 29.9 Å². The van der Waals surface area contributed by atoms with Crippen LogP contribution in [0.25, 0.3) is 27.8 Å². The Balaban J connectivity index is 2.27. The molecule has 0 N–H and O–H groups in total. The van der Waals surface area contributed by atoms with Crippen LogP contribution in [0, 0.1) is 0 Å². The van der Waals surface area contributed by atoms with Gasteiger partial charge in [0.25, 0.3) is 0 Å². The van der Waals surface area contributed by atoms with Gasteiger partial charge in [-0.1, -0.05) is 42.5 Å². The molecule has 0 saturated heterocycles. The molecule has 1 aliphatic rings. The number of rotatable bonds is 0. The van der Waals surface area contributed by atoms with Crippen molar-refractivity contribution in [3.63, 3.8) is 0 Å². The smallest absolute Gasteiger partial charge is 0.0679 e. The molecule has 1 aromatic heterocycles. The molecule has 1 heterocycles. The zero-order valence-electron chi connectivity index (χ0n) is 9.86. The van der Waals surface area contributed by atoms with Crippen LogP contribution in [-0.2, 0) is 6.42 Å². The summed E-state index contributed by atoms with van der Waals surface area (Å²) in [6.07, 6.45) is 6.76. The minimum Gasteiger partial charge on any atom is -0.276 e. The highest BCUT2D eigenvalue weighted by Gasteiger charge is 2.17. The molecular formula is C16H12BrN. The molecule has 0 amide bonds. The molecule has 0 fully saturated rings. The maximum atomic E-state index is 3.72. The molecule has 2 heteroatoms. The third-order valence-electron chi connectivity index (χ3n) is 3.78. The molecule has 88 valence electrons. The van der Waals surface area contributed by atoms with Gasteiger partial charge in [0, 0.05) is 10.8 Å². The van der Waals surface area contributed by atoms with Crippen molar-refractivity contribution in [2.75, 3.05) is 0 Å². The van der Waals surface area contributed by atoms with Crippen molar-refractivity contribution in [1.29, 1.82) is 0 Å².